The lowest BCUT2D eigenvalue weighted by molar-refractivity contribution is 0.0684. The largest absolute Gasteiger partial charge is 0.478 e. The summed E-state index contributed by atoms with van der Waals surface area (Å²) in [7, 11) is 0. The SMILES string of the molecule is O=C(O)c1c2ccccc2c(Br)c2ccccc12.O=C(O)c1ccccc1-c1ccccc1C(=O)O. The number of carboxylic acid groups (broad SMARTS) is 3. The molecule has 0 saturated heterocycles. The summed E-state index contributed by atoms with van der Waals surface area (Å²) in [5, 5.41) is 31.0. The van der Waals surface area contributed by atoms with E-state index in [2.05, 4.69) is 15.9 Å². The summed E-state index contributed by atoms with van der Waals surface area (Å²) in [6, 6.07) is 27.8. The van der Waals surface area contributed by atoms with E-state index in [4.69, 9.17) is 10.2 Å². The monoisotopic (exact) mass is 542 g/mol. The summed E-state index contributed by atoms with van der Waals surface area (Å²) in [4.78, 5) is 33.8. The Kier molecular flexibility index (Phi) is 7.12. The summed E-state index contributed by atoms with van der Waals surface area (Å²) >= 11 is 3.57. The summed E-state index contributed by atoms with van der Waals surface area (Å²) in [6.45, 7) is 0. The van der Waals surface area contributed by atoms with E-state index in [0.29, 0.717) is 16.7 Å². The van der Waals surface area contributed by atoms with Gasteiger partial charge in [-0.1, -0.05) is 84.9 Å². The molecule has 0 spiro atoms. The van der Waals surface area contributed by atoms with Crippen LogP contribution in [0.15, 0.2) is 102 Å². The Labute approximate surface area is 214 Å². The zero-order valence-corrected chi connectivity index (χ0v) is 20.3. The van der Waals surface area contributed by atoms with Crippen LogP contribution in [-0.2, 0) is 0 Å². The van der Waals surface area contributed by atoms with E-state index in [9.17, 15) is 19.5 Å². The number of aromatic carboxylic acids is 3. The quantitative estimate of drug-likeness (QED) is 0.207. The molecule has 0 aliphatic heterocycles. The van der Waals surface area contributed by atoms with Crippen molar-refractivity contribution in [3.63, 3.8) is 0 Å². The first kappa shape index (κ1) is 24.6. The molecule has 0 unspecified atom stereocenters. The zero-order valence-electron chi connectivity index (χ0n) is 18.7. The lowest BCUT2D eigenvalue weighted by Gasteiger charge is -2.10. The van der Waals surface area contributed by atoms with Gasteiger partial charge in [0.05, 0.1) is 16.7 Å². The first-order valence-corrected chi connectivity index (χ1v) is 11.6. The minimum atomic E-state index is -1.08. The van der Waals surface area contributed by atoms with Gasteiger partial charge in [0.1, 0.15) is 0 Å². The number of rotatable bonds is 4. The molecular weight excluding hydrogens is 524 g/mol. The number of benzene rings is 5. The molecule has 0 radical (unpaired) electrons. The van der Waals surface area contributed by atoms with Crippen LogP contribution < -0.4 is 0 Å². The zero-order chi connectivity index (χ0) is 25.8. The fourth-order valence-corrected chi connectivity index (χ4v) is 4.81. The first-order chi connectivity index (χ1) is 17.3. The van der Waals surface area contributed by atoms with Gasteiger partial charge in [-0.2, -0.15) is 0 Å². The molecule has 0 aromatic heterocycles. The second kappa shape index (κ2) is 10.4. The Morgan fingerprint density at radius 3 is 1.17 bits per heavy atom. The van der Waals surface area contributed by atoms with E-state index < -0.39 is 17.9 Å². The fourth-order valence-electron chi connectivity index (χ4n) is 4.11. The molecule has 0 aliphatic carbocycles. The Morgan fingerprint density at radius 1 is 0.472 bits per heavy atom. The van der Waals surface area contributed by atoms with Crippen molar-refractivity contribution in [3.05, 3.63) is 118 Å². The number of halogens is 1. The second-order valence-electron chi connectivity index (χ2n) is 7.79. The maximum Gasteiger partial charge on any atom is 0.336 e. The molecular formula is C29H19BrO6. The van der Waals surface area contributed by atoms with Crippen molar-refractivity contribution in [3.8, 4) is 11.1 Å². The molecule has 0 atom stereocenters. The van der Waals surface area contributed by atoms with Crippen molar-refractivity contribution < 1.29 is 29.7 Å². The van der Waals surface area contributed by atoms with Gasteiger partial charge < -0.3 is 15.3 Å². The van der Waals surface area contributed by atoms with Crippen molar-refractivity contribution in [2.75, 3.05) is 0 Å². The van der Waals surface area contributed by atoms with Gasteiger partial charge in [-0.25, -0.2) is 14.4 Å². The van der Waals surface area contributed by atoms with Crippen LogP contribution in [0, 0.1) is 0 Å². The average molecular weight is 543 g/mol. The molecule has 0 aliphatic rings. The molecule has 0 heterocycles. The minimum Gasteiger partial charge on any atom is -0.478 e. The Bertz CT molecular complexity index is 1530. The van der Waals surface area contributed by atoms with Crippen molar-refractivity contribution in [1.29, 1.82) is 0 Å². The highest BCUT2D eigenvalue weighted by Crippen LogP contribution is 2.36. The Hall–Kier alpha value is -4.49. The molecule has 0 saturated carbocycles. The van der Waals surface area contributed by atoms with Gasteiger partial charge >= 0.3 is 17.9 Å². The topological polar surface area (TPSA) is 112 Å². The van der Waals surface area contributed by atoms with Crippen LogP contribution in [0.5, 0.6) is 0 Å². The summed E-state index contributed by atoms with van der Waals surface area (Å²) < 4.78 is 0.943. The minimum absolute atomic E-state index is 0.0891. The van der Waals surface area contributed by atoms with Gasteiger partial charge in [0.2, 0.25) is 0 Å². The van der Waals surface area contributed by atoms with Crippen molar-refractivity contribution in [1.82, 2.24) is 0 Å². The molecule has 6 nitrogen and oxygen atoms in total. The molecule has 5 aromatic rings. The van der Waals surface area contributed by atoms with E-state index in [1.807, 2.05) is 48.5 Å². The van der Waals surface area contributed by atoms with Crippen LogP contribution >= 0.6 is 15.9 Å². The second-order valence-corrected chi connectivity index (χ2v) is 8.58. The third-order valence-electron chi connectivity index (χ3n) is 5.68. The molecule has 5 aromatic carbocycles. The number of carbonyl (C=O) groups is 3. The predicted molar refractivity (Wildman–Crippen MR) is 142 cm³/mol. The van der Waals surface area contributed by atoms with Gasteiger partial charge in [-0.15, -0.1) is 0 Å². The maximum absolute atomic E-state index is 11.5. The molecule has 7 heteroatoms. The van der Waals surface area contributed by atoms with Gasteiger partial charge in [-0.05, 0) is 60.7 Å². The fraction of sp³-hybridized carbons (Fsp3) is 0. The van der Waals surface area contributed by atoms with Gasteiger partial charge in [-0.3, -0.25) is 0 Å². The Morgan fingerprint density at radius 2 is 0.806 bits per heavy atom. The average Bonchev–Trinajstić information content (AvgIpc) is 2.89. The molecule has 178 valence electrons. The van der Waals surface area contributed by atoms with Crippen LogP contribution in [-0.4, -0.2) is 33.2 Å². The number of hydrogen-bond donors (Lipinski definition) is 3. The van der Waals surface area contributed by atoms with E-state index in [0.717, 1.165) is 26.0 Å². The lowest BCUT2D eigenvalue weighted by Crippen LogP contribution is -2.03. The van der Waals surface area contributed by atoms with Crippen LogP contribution in [0.25, 0.3) is 32.7 Å². The summed E-state index contributed by atoms with van der Waals surface area (Å²) in [5.74, 6) is -3.05. The van der Waals surface area contributed by atoms with Gasteiger partial charge in [0.25, 0.3) is 0 Å². The van der Waals surface area contributed by atoms with E-state index in [1.165, 1.54) is 12.1 Å². The maximum atomic E-state index is 11.5. The van der Waals surface area contributed by atoms with E-state index in [1.54, 1.807) is 36.4 Å². The number of hydrogen-bond acceptors (Lipinski definition) is 3. The van der Waals surface area contributed by atoms with Crippen LogP contribution in [0.3, 0.4) is 0 Å². The highest BCUT2D eigenvalue weighted by molar-refractivity contribution is 9.10. The van der Waals surface area contributed by atoms with Crippen molar-refractivity contribution in [2.45, 2.75) is 0 Å². The van der Waals surface area contributed by atoms with Crippen LogP contribution in [0.4, 0.5) is 0 Å². The van der Waals surface area contributed by atoms with E-state index >= 15 is 0 Å². The van der Waals surface area contributed by atoms with Crippen LogP contribution in [0.2, 0.25) is 0 Å². The normalized spacial score (nSPS) is 10.5. The third kappa shape index (κ3) is 4.69. The molecule has 0 fully saturated rings. The summed E-state index contributed by atoms with van der Waals surface area (Å²) in [6.07, 6.45) is 0. The summed E-state index contributed by atoms with van der Waals surface area (Å²) in [5.41, 5.74) is 1.35. The smallest absolute Gasteiger partial charge is 0.336 e. The molecule has 5 rings (SSSR count). The number of carboxylic acids is 3. The number of fused-ring (bicyclic) bond motifs is 2. The molecule has 0 bridgehead atoms. The van der Waals surface area contributed by atoms with Gasteiger partial charge in [0.15, 0.2) is 0 Å². The van der Waals surface area contributed by atoms with Gasteiger partial charge in [0, 0.05) is 4.47 Å². The highest BCUT2D eigenvalue weighted by Gasteiger charge is 2.17. The Balaban J connectivity index is 0.000000169. The first-order valence-electron chi connectivity index (χ1n) is 10.8. The lowest BCUT2D eigenvalue weighted by atomic mass is 9.95. The standard InChI is InChI=1S/C15H9BrO2.C14H10O4/c16-14-11-7-3-1-5-9(11)13(15(17)18)10-6-2-4-8-12(10)14;15-13(16)11-7-3-1-5-9(11)10-6-2-4-8-12(10)14(17)18/h1-8H,(H,17,18);1-8H,(H,15,16)(H,17,18). The third-order valence-corrected chi connectivity index (χ3v) is 6.54. The molecule has 0 amide bonds. The predicted octanol–water partition coefficient (Wildman–Crippen LogP) is 7.20. The molecule has 3 N–H and O–H groups in total. The van der Waals surface area contributed by atoms with Crippen molar-refractivity contribution in [2.24, 2.45) is 0 Å². The van der Waals surface area contributed by atoms with Crippen molar-refractivity contribution >= 4 is 55.4 Å². The van der Waals surface area contributed by atoms with Crippen LogP contribution in [0.1, 0.15) is 31.1 Å². The molecule has 36 heavy (non-hydrogen) atoms. The highest BCUT2D eigenvalue weighted by atomic mass is 79.9. The van der Waals surface area contributed by atoms with E-state index in [-0.39, 0.29) is 11.1 Å².